The first-order valence-corrected chi connectivity index (χ1v) is 8.07. The van der Waals surface area contributed by atoms with Crippen LogP contribution >= 0.6 is 0 Å². The van der Waals surface area contributed by atoms with Crippen LogP contribution in [0, 0.1) is 0 Å². The van der Waals surface area contributed by atoms with E-state index in [1.54, 1.807) is 0 Å². The predicted octanol–water partition coefficient (Wildman–Crippen LogP) is 4.45. The fourth-order valence-corrected chi connectivity index (χ4v) is 3.53. The van der Waals surface area contributed by atoms with Gasteiger partial charge in [-0.15, -0.1) is 6.58 Å². The van der Waals surface area contributed by atoms with Gasteiger partial charge in [0.2, 0.25) is 0 Å². The van der Waals surface area contributed by atoms with Crippen LogP contribution in [0.4, 0.5) is 4.79 Å². The van der Waals surface area contributed by atoms with Gasteiger partial charge in [0.15, 0.2) is 0 Å². The molecule has 0 N–H and O–H groups in total. The summed E-state index contributed by atoms with van der Waals surface area (Å²) in [7, 11) is 0. The molecule has 1 saturated heterocycles. The molecule has 0 aliphatic carbocycles. The van der Waals surface area contributed by atoms with Crippen molar-refractivity contribution >= 4 is 6.09 Å². The largest absolute Gasteiger partial charge is 0.445 e. The van der Waals surface area contributed by atoms with Gasteiger partial charge in [-0.05, 0) is 37.7 Å². The Bertz CT molecular complexity index is 564. The van der Waals surface area contributed by atoms with Gasteiger partial charge in [0, 0.05) is 6.04 Å². The van der Waals surface area contributed by atoms with Gasteiger partial charge in [-0.25, -0.2) is 4.79 Å². The first-order valence-electron chi connectivity index (χ1n) is 8.07. The van der Waals surface area contributed by atoms with E-state index in [0.717, 1.165) is 31.2 Å². The van der Waals surface area contributed by atoms with Crippen molar-refractivity contribution in [3.63, 3.8) is 0 Å². The van der Waals surface area contributed by atoms with E-state index in [-0.39, 0.29) is 12.1 Å². The summed E-state index contributed by atoms with van der Waals surface area (Å²) in [5.41, 5.74) is 2.44. The number of ether oxygens (including phenoxy) is 1. The Morgan fingerprint density at radius 1 is 1.32 bits per heavy atom. The highest BCUT2D eigenvalue weighted by Crippen LogP contribution is 2.34. The lowest BCUT2D eigenvalue weighted by Gasteiger charge is -2.44. The highest BCUT2D eigenvalue weighted by Gasteiger charge is 2.37. The smallest absolute Gasteiger partial charge is 0.410 e. The second-order valence-electron chi connectivity index (χ2n) is 6.12. The molecule has 0 spiro atoms. The van der Waals surface area contributed by atoms with Crippen LogP contribution in [0.3, 0.4) is 0 Å². The van der Waals surface area contributed by atoms with E-state index in [2.05, 4.69) is 12.7 Å². The van der Waals surface area contributed by atoms with Crippen molar-refractivity contribution in [3.05, 3.63) is 60.2 Å². The number of allylic oxidation sites excluding steroid dienone is 1. The molecule has 3 rings (SSSR count). The topological polar surface area (TPSA) is 29.5 Å². The Kier molecular flexibility index (Phi) is 4.62. The molecule has 1 aromatic rings. The summed E-state index contributed by atoms with van der Waals surface area (Å²) < 4.78 is 5.54. The van der Waals surface area contributed by atoms with Crippen molar-refractivity contribution in [2.75, 3.05) is 0 Å². The number of hydrogen-bond acceptors (Lipinski definition) is 2. The summed E-state index contributed by atoms with van der Waals surface area (Å²) in [6, 6.07) is 10.3. The molecule has 2 unspecified atom stereocenters. The number of rotatable bonds is 4. The van der Waals surface area contributed by atoms with E-state index < -0.39 is 0 Å². The molecule has 3 heteroatoms. The molecule has 2 atom stereocenters. The summed E-state index contributed by atoms with van der Waals surface area (Å²) in [4.78, 5) is 14.5. The minimum absolute atomic E-state index is 0.174. The summed E-state index contributed by atoms with van der Waals surface area (Å²) >= 11 is 0. The van der Waals surface area contributed by atoms with Gasteiger partial charge in [-0.2, -0.15) is 0 Å². The van der Waals surface area contributed by atoms with Gasteiger partial charge >= 0.3 is 6.09 Å². The van der Waals surface area contributed by atoms with Crippen molar-refractivity contribution in [1.29, 1.82) is 0 Å². The number of hydrogen-bond donors (Lipinski definition) is 0. The van der Waals surface area contributed by atoms with Crippen LogP contribution in [0.25, 0.3) is 0 Å². The van der Waals surface area contributed by atoms with Gasteiger partial charge < -0.3 is 4.74 Å². The average molecular weight is 297 g/mol. The minimum Gasteiger partial charge on any atom is -0.445 e. The maximum absolute atomic E-state index is 12.5. The minimum atomic E-state index is -0.174. The molecule has 2 aliphatic heterocycles. The molecular weight excluding hydrogens is 274 g/mol. The van der Waals surface area contributed by atoms with Crippen molar-refractivity contribution in [2.24, 2.45) is 0 Å². The number of nitrogens with zero attached hydrogens (tertiary/aromatic N) is 1. The van der Waals surface area contributed by atoms with Crippen molar-refractivity contribution in [3.8, 4) is 0 Å². The molecule has 116 valence electrons. The number of benzene rings is 1. The molecule has 22 heavy (non-hydrogen) atoms. The average Bonchev–Trinajstić information content (AvgIpc) is 2.53. The third kappa shape index (κ3) is 3.24. The van der Waals surface area contributed by atoms with E-state index in [1.165, 1.54) is 12.0 Å². The lowest BCUT2D eigenvalue weighted by molar-refractivity contribution is 0.0481. The second-order valence-corrected chi connectivity index (χ2v) is 6.12. The number of amides is 1. The SMILES string of the molecule is C=CCC1=CC2CCCC(C1)N2C(=O)OCc1ccccc1. The first-order chi connectivity index (χ1) is 10.8. The van der Waals surface area contributed by atoms with Crippen LogP contribution in [0.1, 0.15) is 37.7 Å². The van der Waals surface area contributed by atoms with Crippen LogP contribution in [-0.4, -0.2) is 23.1 Å². The molecule has 2 heterocycles. The van der Waals surface area contributed by atoms with E-state index in [1.807, 2.05) is 41.3 Å². The standard InChI is InChI=1S/C19H23NO2/c1-2-7-16-12-17-10-6-11-18(13-16)20(17)19(21)22-14-15-8-4-3-5-9-15/h2-5,8-9,12,17-18H,1,6-7,10-11,13-14H2. The van der Waals surface area contributed by atoms with Gasteiger partial charge in [-0.1, -0.05) is 48.1 Å². The molecular formula is C19H23NO2. The van der Waals surface area contributed by atoms with Gasteiger partial charge in [0.25, 0.3) is 0 Å². The Labute approximate surface area is 132 Å². The maximum atomic E-state index is 12.5. The molecule has 2 bridgehead atoms. The normalized spacial score (nSPS) is 23.6. The zero-order chi connectivity index (χ0) is 15.4. The van der Waals surface area contributed by atoms with Gasteiger partial charge in [-0.3, -0.25) is 4.90 Å². The van der Waals surface area contributed by atoms with Crippen LogP contribution < -0.4 is 0 Å². The van der Waals surface area contributed by atoms with Crippen LogP contribution in [-0.2, 0) is 11.3 Å². The lowest BCUT2D eigenvalue weighted by atomic mass is 9.84. The van der Waals surface area contributed by atoms with Crippen LogP contribution in [0.15, 0.2) is 54.6 Å². The number of carbonyl (C=O) groups excluding carboxylic acids is 1. The van der Waals surface area contributed by atoms with Crippen LogP contribution in [0.2, 0.25) is 0 Å². The predicted molar refractivity (Wildman–Crippen MR) is 87.4 cm³/mol. The number of piperidine rings is 1. The van der Waals surface area contributed by atoms with E-state index in [0.29, 0.717) is 12.6 Å². The van der Waals surface area contributed by atoms with E-state index in [9.17, 15) is 4.79 Å². The van der Waals surface area contributed by atoms with Gasteiger partial charge in [0.1, 0.15) is 6.61 Å². The molecule has 2 aliphatic rings. The fourth-order valence-electron chi connectivity index (χ4n) is 3.53. The van der Waals surface area contributed by atoms with Crippen molar-refractivity contribution in [2.45, 2.75) is 50.8 Å². The summed E-state index contributed by atoms with van der Waals surface area (Å²) in [5, 5.41) is 0. The molecule has 0 saturated carbocycles. The number of fused-ring (bicyclic) bond motifs is 2. The Balaban J connectivity index is 1.66. The zero-order valence-electron chi connectivity index (χ0n) is 12.9. The lowest BCUT2D eigenvalue weighted by Crippen LogP contribution is -2.51. The highest BCUT2D eigenvalue weighted by molar-refractivity contribution is 5.69. The highest BCUT2D eigenvalue weighted by atomic mass is 16.6. The molecule has 3 nitrogen and oxygen atoms in total. The first kappa shape index (κ1) is 14.9. The Morgan fingerprint density at radius 3 is 2.86 bits per heavy atom. The van der Waals surface area contributed by atoms with E-state index >= 15 is 0 Å². The monoisotopic (exact) mass is 297 g/mol. The quantitative estimate of drug-likeness (QED) is 0.768. The molecule has 0 aromatic heterocycles. The molecule has 1 fully saturated rings. The Morgan fingerprint density at radius 2 is 2.14 bits per heavy atom. The maximum Gasteiger partial charge on any atom is 0.410 e. The third-order valence-electron chi connectivity index (χ3n) is 4.54. The Hall–Kier alpha value is -2.03. The molecule has 1 amide bonds. The third-order valence-corrected chi connectivity index (χ3v) is 4.54. The zero-order valence-corrected chi connectivity index (χ0v) is 12.9. The van der Waals surface area contributed by atoms with Gasteiger partial charge in [0.05, 0.1) is 6.04 Å². The summed E-state index contributed by atoms with van der Waals surface area (Å²) in [6.45, 7) is 4.17. The van der Waals surface area contributed by atoms with E-state index in [4.69, 9.17) is 4.74 Å². The molecule has 0 radical (unpaired) electrons. The van der Waals surface area contributed by atoms with Crippen molar-refractivity contribution < 1.29 is 9.53 Å². The van der Waals surface area contributed by atoms with Crippen LogP contribution in [0.5, 0.6) is 0 Å². The number of carbonyl (C=O) groups is 1. The molecule has 1 aromatic carbocycles. The summed E-state index contributed by atoms with van der Waals surface area (Å²) in [5.74, 6) is 0. The summed E-state index contributed by atoms with van der Waals surface area (Å²) in [6.07, 6.45) is 9.22. The fraction of sp³-hybridized carbons (Fsp3) is 0.421. The van der Waals surface area contributed by atoms with Crippen molar-refractivity contribution in [1.82, 2.24) is 4.90 Å². The second kappa shape index (κ2) is 6.82.